The summed E-state index contributed by atoms with van der Waals surface area (Å²) in [6, 6.07) is -0.296. The molecule has 4 heteroatoms. The van der Waals surface area contributed by atoms with Crippen molar-refractivity contribution in [2.45, 2.75) is 37.9 Å². The van der Waals surface area contributed by atoms with Crippen LogP contribution in [0.1, 0.15) is 25.7 Å². The summed E-state index contributed by atoms with van der Waals surface area (Å²) in [6.07, 6.45) is 4.57. The number of hydrogen-bond acceptors (Lipinski definition) is 3. The van der Waals surface area contributed by atoms with Gasteiger partial charge in [-0.1, -0.05) is 12.8 Å². The van der Waals surface area contributed by atoms with E-state index in [-0.39, 0.29) is 18.1 Å². The highest BCUT2D eigenvalue weighted by atomic mass is 16.2. The van der Waals surface area contributed by atoms with Crippen molar-refractivity contribution in [3.63, 3.8) is 0 Å². The Balaban J connectivity index is 1.67. The third-order valence-electron chi connectivity index (χ3n) is 2.76. The maximum absolute atomic E-state index is 11.4. The molecule has 0 aromatic rings. The Morgan fingerprint density at radius 2 is 2.23 bits per heavy atom. The van der Waals surface area contributed by atoms with Gasteiger partial charge in [0.25, 0.3) is 0 Å². The molecule has 0 radical (unpaired) electrons. The fourth-order valence-electron chi connectivity index (χ4n) is 1.51. The molecule has 2 aliphatic rings. The van der Waals surface area contributed by atoms with Crippen molar-refractivity contribution in [3.8, 4) is 0 Å². The van der Waals surface area contributed by atoms with Gasteiger partial charge in [-0.25, -0.2) is 0 Å². The molecule has 1 aliphatic carbocycles. The molecule has 4 nitrogen and oxygen atoms in total. The summed E-state index contributed by atoms with van der Waals surface area (Å²) >= 11 is 0. The molecule has 2 rings (SSSR count). The molecule has 13 heavy (non-hydrogen) atoms. The molecular weight excluding hydrogens is 166 g/mol. The molecule has 1 aliphatic heterocycles. The molecule has 0 spiro atoms. The third kappa shape index (κ3) is 2.42. The highest BCUT2D eigenvalue weighted by Crippen LogP contribution is 2.33. The lowest BCUT2D eigenvalue weighted by Crippen LogP contribution is -2.57. The van der Waals surface area contributed by atoms with Crippen molar-refractivity contribution in [1.29, 1.82) is 0 Å². The molecule has 74 valence electrons. The zero-order valence-electron chi connectivity index (χ0n) is 7.75. The van der Waals surface area contributed by atoms with E-state index in [4.69, 9.17) is 5.73 Å². The number of rotatable bonds is 4. The van der Waals surface area contributed by atoms with Gasteiger partial charge in [-0.3, -0.25) is 10.1 Å². The zero-order chi connectivity index (χ0) is 9.26. The number of carbonyl (C=O) groups excluding carboxylic acids is 1. The monoisotopic (exact) mass is 183 g/mol. The molecule has 1 saturated heterocycles. The number of nitrogens with one attached hydrogen (secondary N) is 2. The van der Waals surface area contributed by atoms with E-state index in [0.29, 0.717) is 0 Å². The van der Waals surface area contributed by atoms with Gasteiger partial charge < -0.3 is 11.1 Å². The van der Waals surface area contributed by atoms with Gasteiger partial charge in [-0.2, -0.15) is 0 Å². The van der Waals surface area contributed by atoms with E-state index in [0.717, 1.165) is 25.3 Å². The molecule has 1 heterocycles. The summed E-state index contributed by atoms with van der Waals surface area (Å²) in [4.78, 5) is 11.4. The van der Waals surface area contributed by atoms with Crippen LogP contribution >= 0.6 is 0 Å². The van der Waals surface area contributed by atoms with Crippen LogP contribution in [-0.2, 0) is 4.79 Å². The second-order valence-electron chi connectivity index (χ2n) is 4.09. The molecule has 1 unspecified atom stereocenters. The first kappa shape index (κ1) is 8.97. The maximum Gasteiger partial charge on any atom is 0.238 e. The Morgan fingerprint density at radius 3 is 2.69 bits per heavy atom. The van der Waals surface area contributed by atoms with E-state index in [1.54, 1.807) is 0 Å². The first-order chi connectivity index (χ1) is 6.25. The van der Waals surface area contributed by atoms with Crippen molar-refractivity contribution in [2.24, 2.45) is 11.7 Å². The quantitative estimate of drug-likeness (QED) is 0.553. The van der Waals surface area contributed by atoms with Crippen LogP contribution in [0.25, 0.3) is 0 Å². The van der Waals surface area contributed by atoms with Crippen molar-refractivity contribution in [2.75, 3.05) is 6.54 Å². The Bertz CT molecular complexity index is 199. The van der Waals surface area contributed by atoms with Crippen LogP contribution in [-0.4, -0.2) is 24.7 Å². The predicted molar refractivity (Wildman–Crippen MR) is 49.9 cm³/mol. The molecule has 2 fully saturated rings. The van der Waals surface area contributed by atoms with Gasteiger partial charge in [0.05, 0.1) is 12.2 Å². The lowest BCUT2D eigenvalue weighted by Gasteiger charge is -2.29. The first-order valence-corrected chi connectivity index (χ1v) is 5.05. The number of hydrogen-bond donors (Lipinski definition) is 3. The van der Waals surface area contributed by atoms with Gasteiger partial charge in [0.15, 0.2) is 0 Å². The molecule has 1 saturated carbocycles. The van der Waals surface area contributed by atoms with Gasteiger partial charge in [0.1, 0.15) is 0 Å². The molecule has 4 N–H and O–H groups in total. The summed E-state index contributed by atoms with van der Waals surface area (Å²) in [7, 11) is 0. The lowest BCUT2D eigenvalue weighted by molar-refractivity contribution is -0.124. The fourth-order valence-corrected chi connectivity index (χ4v) is 1.51. The smallest absolute Gasteiger partial charge is 0.238 e. The standard InChI is InChI=1S/C9H17N3O/c10-7(5-6-1-2-6)9(13)12-8-3-4-11-8/h6-8,11H,1-5,10H2,(H,12,13)/t7-,8?/m0/s1. The van der Waals surface area contributed by atoms with E-state index < -0.39 is 0 Å². The van der Waals surface area contributed by atoms with E-state index in [1.807, 2.05) is 0 Å². The van der Waals surface area contributed by atoms with Crippen LogP contribution in [0, 0.1) is 5.92 Å². The lowest BCUT2D eigenvalue weighted by atomic mass is 10.1. The molecule has 0 aromatic carbocycles. The van der Waals surface area contributed by atoms with Gasteiger partial charge in [0.2, 0.25) is 5.91 Å². The second-order valence-corrected chi connectivity index (χ2v) is 4.09. The third-order valence-corrected chi connectivity index (χ3v) is 2.76. The molecule has 0 aromatic heterocycles. The first-order valence-electron chi connectivity index (χ1n) is 5.05. The summed E-state index contributed by atoms with van der Waals surface area (Å²) in [6.45, 7) is 1.00. The minimum absolute atomic E-state index is 0.00380. The molecule has 0 bridgehead atoms. The van der Waals surface area contributed by atoms with E-state index in [9.17, 15) is 4.79 Å². The average Bonchev–Trinajstić information content (AvgIpc) is 2.79. The van der Waals surface area contributed by atoms with Gasteiger partial charge in [-0.15, -0.1) is 0 Å². The largest absolute Gasteiger partial charge is 0.339 e. The SMILES string of the molecule is N[C@@H](CC1CC1)C(=O)NC1CCN1. The minimum atomic E-state index is -0.296. The highest BCUT2D eigenvalue weighted by Gasteiger charge is 2.28. The van der Waals surface area contributed by atoms with Crippen molar-refractivity contribution >= 4 is 5.91 Å². The van der Waals surface area contributed by atoms with Crippen molar-refractivity contribution in [3.05, 3.63) is 0 Å². The normalized spacial score (nSPS) is 29.2. The van der Waals surface area contributed by atoms with Gasteiger partial charge in [-0.05, 0) is 18.8 Å². The van der Waals surface area contributed by atoms with Crippen molar-refractivity contribution < 1.29 is 4.79 Å². The molecule has 1 amide bonds. The van der Waals surface area contributed by atoms with Crippen LogP contribution < -0.4 is 16.4 Å². The van der Waals surface area contributed by atoms with Crippen LogP contribution in [0.3, 0.4) is 0 Å². The van der Waals surface area contributed by atoms with Crippen LogP contribution in [0.15, 0.2) is 0 Å². The van der Waals surface area contributed by atoms with E-state index in [1.165, 1.54) is 12.8 Å². The number of carbonyl (C=O) groups is 1. The summed E-state index contributed by atoms with van der Waals surface area (Å²) in [5, 5.41) is 5.99. The van der Waals surface area contributed by atoms with E-state index in [2.05, 4.69) is 10.6 Å². The Labute approximate surface area is 78.2 Å². The van der Waals surface area contributed by atoms with Crippen molar-refractivity contribution in [1.82, 2.24) is 10.6 Å². The fraction of sp³-hybridized carbons (Fsp3) is 0.889. The highest BCUT2D eigenvalue weighted by molar-refractivity contribution is 5.81. The second kappa shape index (κ2) is 3.64. The zero-order valence-corrected chi connectivity index (χ0v) is 7.75. The topological polar surface area (TPSA) is 67.2 Å². The summed E-state index contributed by atoms with van der Waals surface area (Å²) in [5.74, 6) is 0.721. The van der Waals surface area contributed by atoms with E-state index >= 15 is 0 Å². The van der Waals surface area contributed by atoms with Crippen LogP contribution in [0.5, 0.6) is 0 Å². The minimum Gasteiger partial charge on any atom is -0.339 e. The number of amides is 1. The van der Waals surface area contributed by atoms with Gasteiger partial charge in [0, 0.05) is 6.54 Å². The molecule has 2 atom stereocenters. The van der Waals surface area contributed by atoms with Gasteiger partial charge >= 0.3 is 0 Å². The maximum atomic E-state index is 11.4. The Morgan fingerprint density at radius 1 is 1.54 bits per heavy atom. The predicted octanol–water partition coefficient (Wildman–Crippen LogP) is -0.451. The van der Waals surface area contributed by atoms with Crippen LogP contribution in [0.2, 0.25) is 0 Å². The average molecular weight is 183 g/mol. The Hall–Kier alpha value is -0.610. The number of nitrogens with two attached hydrogens (primary N) is 1. The summed E-state index contributed by atoms with van der Waals surface area (Å²) in [5.41, 5.74) is 5.75. The van der Waals surface area contributed by atoms with Crippen LogP contribution in [0.4, 0.5) is 0 Å². The summed E-state index contributed by atoms with van der Waals surface area (Å²) < 4.78 is 0. The molecular formula is C9H17N3O. The Kier molecular flexibility index (Phi) is 2.51.